The highest BCUT2D eigenvalue weighted by Gasteiger charge is 2.79. The first-order valence-corrected chi connectivity index (χ1v) is 24.5. The number of thioether (sulfide) groups is 1. The number of alkyl halides is 2. The van der Waals surface area contributed by atoms with E-state index in [0.29, 0.717) is 16.0 Å². The van der Waals surface area contributed by atoms with Crippen molar-refractivity contribution in [3.8, 4) is 0 Å². The Kier molecular flexibility index (Phi) is 14.5. The number of nitrogens with one attached hydrogen (secondary N) is 1. The van der Waals surface area contributed by atoms with E-state index in [0.717, 1.165) is 18.7 Å². The third-order valence-corrected chi connectivity index (χ3v) is 16.2. The molecule has 1 amide bonds. The van der Waals surface area contributed by atoms with E-state index >= 15 is 9.59 Å². The highest BCUT2D eigenvalue weighted by molar-refractivity contribution is 8.00. The minimum atomic E-state index is -2.41. The van der Waals surface area contributed by atoms with Gasteiger partial charge in [0, 0.05) is 35.6 Å². The maximum atomic E-state index is 15.7. The van der Waals surface area contributed by atoms with E-state index in [-0.39, 0.29) is 29.7 Å². The Labute approximate surface area is 419 Å². The zero-order valence-corrected chi connectivity index (χ0v) is 41.2. The molecule has 3 N–H and O–H groups in total. The van der Waals surface area contributed by atoms with Gasteiger partial charge in [0.2, 0.25) is 4.84 Å². The van der Waals surface area contributed by atoms with Gasteiger partial charge in [0.25, 0.3) is 5.91 Å². The van der Waals surface area contributed by atoms with Crippen LogP contribution in [0.2, 0.25) is 0 Å². The molecule has 2 saturated carbocycles. The number of esters is 4. The summed E-state index contributed by atoms with van der Waals surface area (Å²) in [6.07, 6.45) is -8.75. The van der Waals surface area contributed by atoms with E-state index in [2.05, 4.69) is 5.32 Å². The number of aliphatic hydroxyl groups excluding tert-OH is 1. The fraction of sp³-hybridized carbons (Fsp3) is 0.396. The summed E-state index contributed by atoms with van der Waals surface area (Å²) in [5.41, 5.74) is -6.93. The largest absolute Gasteiger partial charge is 0.459 e. The number of carbonyl (C=O) groups excluding carboxylic acids is 6. The molecular formula is C53H53Cl2NO13S. The molecule has 4 aromatic carbocycles. The molecule has 11 atom stereocenters. The summed E-state index contributed by atoms with van der Waals surface area (Å²) >= 11 is 13.1. The van der Waals surface area contributed by atoms with Crippen molar-refractivity contribution in [2.45, 2.75) is 110 Å². The monoisotopic (exact) mass is 1010 g/mol. The van der Waals surface area contributed by atoms with Crippen LogP contribution in [-0.4, -0.2) is 104 Å². The van der Waals surface area contributed by atoms with Crippen LogP contribution in [0.1, 0.15) is 79.8 Å². The lowest BCUT2D eigenvalue weighted by Gasteiger charge is -2.67. The SMILES string of the molecule is CC(=O)O[C@@]12CO[C@@H]1C[C@H](OC(=O)C(Cl)Cl)[C@@]1(C)C(=O)[C@H](O)C3=C(C)[C@@H](OC(=O)[C@H](Sc4ccccc4)[C@@H](NC(=O)c4ccccc4)c4ccccc4)C[C@@](O)(C(OC(=O)c4ccccc4)C12)C3(C)C. The van der Waals surface area contributed by atoms with E-state index in [1.54, 1.807) is 124 Å². The summed E-state index contributed by atoms with van der Waals surface area (Å²) in [5, 5.41) is 28.5. The van der Waals surface area contributed by atoms with Gasteiger partial charge in [-0.1, -0.05) is 122 Å². The smallest absolute Gasteiger partial charge is 0.339 e. The third kappa shape index (κ3) is 9.05. The minimum absolute atomic E-state index is 0.0557. The number of aliphatic hydroxyl groups is 2. The molecular weight excluding hydrogens is 962 g/mol. The molecule has 2 unspecified atom stereocenters. The first-order chi connectivity index (χ1) is 33.2. The predicted molar refractivity (Wildman–Crippen MR) is 258 cm³/mol. The van der Waals surface area contributed by atoms with Gasteiger partial charge >= 0.3 is 23.9 Å². The van der Waals surface area contributed by atoms with Crippen LogP contribution in [0.25, 0.3) is 0 Å². The zero-order valence-electron chi connectivity index (χ0n) is 38.9. The second-order valence-electron chi connectivity index (χ2n) is 18.9. The van der Waals surface area contributed by atoms with E-state index in [1.807, 2.05) is 6.07 Å². The van der Waals surface area contributed by atoms with Crippen LogP contribution in [0.4, 0.5) is 0 Å². The molecule has 0 radical (unpaired) electrons. The Bertz CT molecular complexity index is 2670. The highest BCUT2D eigenvalue weighted by atomic mass is 35.5. The molecule has 4 aliphatic rings. The molecule has 70 heavy (non-hydrogen) atoms. The highest BCUT2D eigenvalue weighted by Crippen LogP contribution is 2.64. The van der Waals surface area contributed by atoms with Gasteiger partial charge in [-0.15, -0.1) is 11.8 Å². The zero-order chi connectivity index (χ0) is 50.3. The number of hydrogen-bond donors (Lipinski definition) is 3. The van der Waals surface area contributed by atoms with E-state index in [9.17, 15) is 29.4 Å². The third-order valence-electron chi connectivity index (χ3n) is 14.6. The number of rotatable bonds is 13. The van der Waals surface area contributed by atoms with Crippen LogP contribution in [0, 0.1) is 16.7 Å². The van der Waals surface area contributed by atoms with Crippen LogP contribution >= 0.6 is 35.0 Å². The first kappa shape index (κ1) is 50.8. The molecule has 0 spiro atoms. The fourth-order valence-corrected chi connectivity index (χ4v) is 12.3. The number of benzene rings is 4. The van der Waals surface area contributed by atoms with E-state index in [1.165, 1.54) is 19.1 Å². The molecule has 17 heteroatoms. The van der Waals surface area contributed by atoms with Gasteiger partial charge in [0.15, 0.2) is 11.4 Å². The number of amides is 1. The average Bonchev–Trinajstić information content (AvgIpc) is 3.34. The second-order valence-corrected chi connectivity index (χ2v) is 21.2. The lowest BCUT2D eigenvalue weighted by Crippen LogP contribution is -2.82. The van der Waals surface area contributed by atoms with Crippen LogP contribution < -0.4 is 5.32 Å². The van der Waals surface area contributed by atoms with Crippen molar-refractivity contribution in [2.75, 3.05) is 6.61 Å². The standard InChI is InChI=1S/C53H53Cl2NO13S/c1-29-35(66-48(62)41(70-34-24-16-9-17-25-34)39(31-18-10-6-11-19-31)56-46(60)32-20-12-7-13-21-32)27-53(64)44(68-47(61)33-22-14-8-15-23-33)42-51(5,43(59)40(58)38(29)50(53,3)4)36(67-49(63)45(54)55)26-37-52(42,28-65-37)69-30(2)57/h6-25,35-37,39-42,44-45,58,64H,26-28H2,1-5H3,(H,56,60)/t35-,36-,37+,39-,40+,41+,42?,44?,51+,52-,53+/m0/s1. The van der Waals surface area contributed by atoms with Crippen molar-refractivity contribution in [2.24, 2.45) is 16.7 Å². The summed E-state index contributed by atoms with van der Waals surface area (Å²) in [6.45, 7) is 6.92. The van der Waals surface area contributed by atoms with Gasteiger partial charge in [-0.05, 0) is 67.0 Å². The summed E-state index contributed by atoms with van der Waals surface area (Å²) in [6, 6.07) is 33.3. The fourth-order valence-electron chi connectivity index (χ4n) is 11.0. The lowest BCUT2D eigenvalue weighted by atomic mass is 9.44. The van der Waals surface area contributed by atoms with Crippen molar-refractivity contribution in [1.29, 1.82) is 0 Å². The second kappa shape index (κ2) is 19.9. The molecule has 4 aromatic rings. The predicted octanol–water partition coefficient (Wildman–Crippen LogP) is 7.32. The summed E-state index contributed by atoms with van der Waals surface area (Å²) in [5.74, 6) is -6.75. The molecule has 368 valence electrons. The number of halogens is 2. The molecule has 2 bridgehead atoms. The summed E-state index contributed by atoms with van der Waals surface area (Å²) in [7, 11) is 0. The normalized spacial score (nSPS) is 29.6. The molecule has 3 aliphatic carbocycles. The topological polar surface area (TPSA) is 201 Å². The van der Waals surface area contributed by atoms with Crippen LogP contribution in [0.5, 0.6) is 0 Å². The molecule has 8 rings (SSSR count). The maximum absolute atomic E-state index is 15.7. The Balaban J connectivity index is 1.30. The maximum Gasteiger partial charge on any atom is 0.339 e. The number of fused-ring (bicyclic) bond motifs is 5. The van der Waals surface area contributed by atoms with Crippen molar-refractivity contribution in [3.05, 3.63) is 149 Å². The van der Waals surface area contributed by atoms with Gasteiger partial charge in [-0.3, -0.25) is 19.2 Å². The molecule has 14 nitrogen and oxygen atoms in total. The van der Waals surface area contributed by atoms with Gasteiger partial charge in [-0.25, -0.2) is 9.59 Å². The summed E-state index contributed by atoms with van der Waals surface area (Å²) in [4.78, 5) is 85.0. The number of hydrogen-bond acceptors (Lipinski definition) is 14. The molecule has 1 saturated heterocycles. The van der Waals surface area contributed by atoms with E-state index < -0.39 is 117 Å². The minimum Gasteiger partial charge on any atom is -0.459 e. The first-order valence-electron chi connectivity index (χ1n) is 22.8. The Morgan fingerprint density at radius 2 is 1.37 bits per heavy atom. The van der Waals surface area contributed by atoms with Crippen molar-refractivity contribution >= 4 is 70.5 Å². The summed E-state index contributed by atoms with van der Waals surface area (Å²) < 4.78 is 31.1. The number of Topliss-reactive ketones (excluding diaryl/α,β-unsaturated/α-hetero) is 1. The van der Waals surface area contributed by atoms with Crippen molar-refractivity contribution < 1.29 is 62.7 Å². The molecule has 1 heterocycles. The van der Waals surface area contributed by atoms with Crippen LogP contribution in [0.15, 0.2) is 137 Å². The van der Waals surface area contributed by atoms with E-state index in [4.69, 9.17) is 46.9 Å². The number of ketones is 1. The number of ether oxygens (including phenoxy) is 5. The van der Waals surface area contributed by atoms with Crippen LogP contribution in [0.3, 0.4) is 0 Å². The van der Waals surface area contributed by atoms with Crippen LogP contribution in [-0.2, 0) is 42.9 Å². The van der Waals surface area contributed by atoms with Gasteiger partial charge in [0.1, 0.15) is 41.4 Å². The van der Waals surface area contributed by atoms with Gasteiger partial charge in [-0.2, -0.15) is 0 Å². The Morgan fingerprint density at radius 1 is 0.800 bits per heavy atom. The van der Waals surface area contributed by atoms with Crippen molar-refractivity contribution in [1.82, 2.24) is 5.32 Å². The van der Waals surface area contributed by atoms with Gasteiger partial charge in [0.05, 0.1) is 29.5 Å². The quantitative estimate of drug-likeness (QED) is 0.0396. The average molecular weight is 1010 g/mol. The Morgan fingerprint density at radius 3 is 1.93 bits per heavy atom. The lowest BCUT2D eigenvalue weighted by molar-refractivity contribution is -0.346. The molecule has 1 aliphatic heterocycles. The molecule has 0 aromatic heterocycles. The van der Waals surface area contributed by atoms with Gasteiger partial charge < -0.3 is 39.2 Å². The van der Waals surface area contributed by atoms with Crippen molar-refractivity contribution in [3.63, 3.8) is 0 Å². The molecule has 3 fully saturated rings. The Hall–Kier alpha value is -5.55. The number of carbonyl (C=O) groups is 6.